The lowest BCUT2D eigenvalue weighted by Gasteiger charge is -2.44. The van der Waals surface area contributed by atoms with Crippen LogP contribution in [0, 0.1) is 5.92 Å². The first-order chi connectivity index (χ1) is 18.6. The van der Waals surface area contributed by atoms with E-state index < -0.39 is 103 Å². The normalized spacial score (nSPS) is 33.5. The van der Waals surface area contributed by atoms with Gasteiger partial charge in [0.25, 0.3) is 0 Å². The van der Waals surface area contributed by atoms with Crippen LogP contribution in [0.5, 0.6) is 0 Å². The van der Waals surface area contributed by atoms with Crippen LogP contribution < -0.4 is 5.32 Å². The summed E-state index contributed by atoms with van der Waals surface area (Å²) in [4.78, 5) is 36.1. The molecule has 2 fully saturated rings. The average molecular weight is 602 g/mol. The van der Waals surface area contributed by atoms with E-state index in [9.17, 15) is 42.7 Å². The number of rotatable bonds is 12. The molecule has 2 rings (SSSR count). The molecule has 0 spiro atoms. The van der Waals surface area contributed by atoms with Gasteiger partial charge >= 0.3 is 22.3 Å². The molecule has 0 bridgehead atoms. The molecule has 0 saturated carbocycles. The molecule has 2 aliphatic rings. The third-order valence-corrected chi connectivity index (χ3v) is 6.36. The highest BCUT2D eigenvalue weighted by Gasteiger charge is 2.50. The van der Waals surface area contributed by atoms with Crippen molar-refractivity contribution in [2.24, 2.45) is 5.92 Å². The molecule has 230 valence electrons. The van der Waals surface area contributed by atoms with Gasteiger partial charge in [-0.2, -0.15) is 8.42 Å². The van der Waals surface area contributed by atoms with E-state index in [1.165, 1.54) is 27.9 Å². The molecule has 10 unspecified atom stereocenters. The maximum Gasteiger partial charge on any atom is 0.399 e. The summed E-state index contributed by atoms with van der Waals surface area (Å²) in [6.45, 7) is 6.10. The minimum absolute atomic E-state index is 0.0740. The largest absolute Gasteiger partial charge is 0.458 e. The summed E-state index contributed by atoms with van der Waals surface area (Å²) in [7, 11) is -3.90. The van der Waals surface area contributed by atoms with E-state index >= 15 is 0 Å². The van der Waals surface area contributed by atoms with E-state index in [0.717, 1.165) is 0 Å². The van der Waals surface area contributed by atoms with E-state index in [4.69, 9.17) is 28.4 Å². The van der Waals surface area contributed by atoms with Crippen LogP contribution >= 0.6 is 0 Å². The van der Waals surface area contributed by atoms with Gasteiger partial charge in [0.1, 0.15) is 18.8 Å². The minimum Gasteiger partial charge on any atom is -0.458 e. The Morgan fingerprint density at radius 3 is 2.27 bits per heavy atom. The van der Waals surface area contributed by atoms with Gasteiger partial charge in [0.2, 0.25) is 12.2 Å². The second-order valence-electron chi connectivity index (χ2n) is 9.24. The van der Waals surface area contributed by atoms with Gasteiger partial charge < -0.3 is 49.1 Å². The molecule has 0 aromatic rings. The molecular weight excluding hydrogens is 566 g/mol. The number of amides is 1. The number of hydrogen-bond acceptors (Lipinski definition) is 15. The van der Waals surface area contributed by atoms with Crippen molar-refractivity contribution >= 4 is 28.2 Å². The zero-order valence-electron chi connectivity index (χ0n) is 22.2. The number of carbonyl (C=O) groups is 3. The number of nitrogens with one attached hydrogen (secondary N) is 1. The Hall–Kier alpha value is -2.26. The molecule has 1 amide bonds. The monoisotopic (exact) mass is 601 g/mol. The highest BCUT2D eigenvalue weighted by Crippen LogP contribution is 2.32. The van der Waals surface area contributed by atoms with Crippen LogP contribution in [0.2, 0.25) is 0 Å². The van der Waals surface area contributed by atoms with E-state index in [2.05, 4.69) is 16.1 Å². The summed E-state index contributed by atoms with van der Waals surface area (Å²) in [5.74, 6) is -3.47. The van der Waals surface area contributed by atoms with E-state index in [0.29, 0.717) is 0 Å². The Labute approximate surface area is 230 Å². The molecule has 2 aliphatic heterocycles. The summed E-state index contributed by atoms with van der Waals surface area (Å²) in [5, 5.41) is 33.2. The van der Waals surface area contributed by atoms with Crippen LogP contribution in [0.25, 0.3) is 0 Å². The Morgan fingerprint density at radius 1 is 1.10 bits per heavy atom. The predicted molar refractivity (Wildman–Crippen MR) is 128 cm³/mol. The van der Waals surface area contributed by atoms with Crippen molar-refractivity contribution in [3.05, 3.63) is 12.2 Å². The Bertz CT molecular complexity index is 1020. The molecule has 0 aromatic carbocycles. The number of carbonyl (C=O) groups excluding carboxylic acids is 3. The Kier molecular flexibility index (Phi) is 12.4. The molecule has 17 nitrogen and oxygen atoms in total. The van der Waals surface area contributed by atoms with Gasteiger partial charge in [-0.3, -0.25) is 9.35 Å². The number of esters is 2. The predicted octanol–water partition coefficient (Wildman–Crippen LogP) is -2.48. The number of ether oxygens (including phenoxy) is 6. The van der Waals surface area contributed by atoms with Crippen LogP contribution in [0.1, 0.15) is 27.2 Å². The first-order valence-electron chi connectivity index (χ1n) is 12.0. The van der Waals surface area contributed by atoms with E-state index in [1.807, 2.05) is 0 Å². The van der Waals surface area contributed by atoms with Gasteiger partial charge in [0, 0.05) is 31.9 Å². The highest BCUT2D eigenvalue weighted by molar-refractivity contribution is 7.80. The van der Waals surface area contributed by atoms with Gasteiger partial charge in [-0.15, -0.1) is 0 Å². The molecule has 2 heterocycles. The summed E-state index contributed by atoms with van der Waals surface area (Å²) in [6, 6.07) is -0.925. The summed E-state index contributed by atoms with van der Waals surface area (Å²) < 4.78 is 68.2. The first-order valence-corrected chi connectivity index (χ1v) is 13.4. The number of aliphatic hydroxyl groups excluding tert-OH is 3. The average Bonchev–Trinajstić information content (AvgIpc) is 2.86. The molecular formula is C22H35NO16S. The Balaban J connectivity index is 2.22. The van der Waals surface area contributed by atoms with Crippen LogP contribution in [-0.4, -0.2) is 122 Å². The van der Waals surface area contributed by atoms with Crippen molar-refractivity contribution in [3.63, 3.8) is 0 Å². The zero-order chi connectivity index (χ0) is 30.4. The second kappa shape index (κ2) is 14.6. The van der Waals surface area contributed by atoms with Crippen molar-refractivity contribution in [1.82, 2.24) is 5.32 Å². The molecule has 0 aromatic heterocycles. The van der Waals surface area contributed by atoms with Crippen LogP contribution in [-0.2, 0) is 57.4 Å². The molecule has 18 heteroatoms. The maximum absolute atomic E-state index is 12.9. The van der Waals surface area contributed by atoms with E-state index in [1.54, 1.807) is 0 Å². The SMILES string of the molecule is C=C(C)C(=O)OCC(CO)OC(=O)C1OC(OC2CC(NC(C)=O)C(OC)OC2OS(=O)(=O)O)C(O)C(O)C1C. The quantitative estimate of drug-likeness (QED) is 0.0883. The maximum atomic E-state index is 12.9. The van der Waals surface area contributed by atoms with Crippen molar-refractivity contribution in [3.8, 4) is 0 Å². The topological polar surface area (TPSA) is 243 Å². The van der Waals surface area contributed by atoms with Crippen LogP contribution in [0.3, 0.4) is 0 Å². The zero-order valence-corrected chi connectivity index (χ0v) is 23.0. The van der Waals surface area contributed by atoms with Crippen molar-refractivity contribution in [2.45, 2.75) is 82.6 Å². The van der Waals surface area contributed by atoms with Crippen LogP contribution in [0.4, 0.5) is 0 Å². The first kappa shape index (κ1) is 33.9. The summed E-state index contributed by atoms with van der Waals surface area (Å²) in [5.41, 5.74) is 0.0740. The molecule has 10 atom stereocenters. The summed E-state index contributed by atoms with van der Waals surface area (Å²) in [6.07, 6.45) is -13.0. The lowest BCUT2D eigenvalue weighted by Crippen LogP contribution is -2.61. The fourth-order valence-corrected chi connectivity index (χ4v) is 4.33. The molecule has 2 saturated heterocycles. The minimum atomic E-state index is -5.10. The molecule has 0 aliphatic carbocycles. The van der Waals surface area contributed by atoms with Gasteiger partial charge in [0.05, 0.1) is 18.8 Å². The smallest absolute Gasteiger partial charge is 0.399 e. The second-order valence-corrected chi connectivity index (χ2v) is 10.3. The lowest BCUT2D eigenvalue weighted by molar-refractivity contribution is -0.340. The van der Waals surface area contributed by atoms with Crippen LogP contribution in [0.15, 0.2) is 12.2 Å². The molecule has 40 heavy (non-hydrogen) atoms. The number of methoxy groups -OCH3 is 1. The highest BCUT2D eigenvalue weighted by atomic mass is 32.3. The van der Waals surface area contributed by atoms with Crippen molar-refractivity contribution in [2.75, 3.05) is 20.3 Å². The summed E-state index contributed by atoms with van der Waals surface area (Å²) >= 11 is 0. The molecule has 5 N–H and O–H groups in total. The third kappa shape index (κ3) is 9.40. The van der Waals surface area contributed by atoms with Gasteiger partial charge in [-0.05, 0) is 6.92 Å². The van der Waals surface area contributed by atoms with Gasteiger partial charge in [-0.25, -0.2) is 13.8 Å². The number of hydrogen-bond donors (Lipinski definition) is 5. The standard InChI is InChI=1S/C22H35NO16S/c1-9(2)18(28)34-8-12(7-24)35-19(29)17-10(3)15(26)16(27)22(37-17)36-14-6-13(23-11(4)25)20(33-5)38-21(14)39-40(30,31)32/h10,12-17,20-22,24,26-27H,1,6-8H2,2-5H3,(H,23,25)(H,30,31,32). The lowest BCUT2D eigenvalue weighted by atomic mass is 9.90. The van der Waals surface area contributed by atoms with Gasteiger partial charge in [-0.1, -0.05) is 13.5 Å². The molecule has 0 radical (unpaired) electrons. The van der Waals surface area contributed by atoms with Crippen molar-refractivity contribution in [1.29, 1.82) is 0 Å². The van der Waals surface area contributed by atoms with Crippen molar-refractivity contribution < 1.29 is 75.3 Å². The Morgan fingerprint density at radius 2 is 1.75 bits per heavy atom. The van der Waals surface area contributed by atoms with E-state index in [-0.39, 0.29) is 12.0 Å². The number of aliphatic hydroxyl groups is 3. The fourth-order valence-electron chi connectivity index (χ4n) is 3.92. The fraction of sp³-hybridized carbons (Fsp3) is 0.773. The third-order valence-electron chi connectivity index (χ3n) is 5.93. The van der Waals surface area contributed by atoms with Gasteiger partial charge in [0.15, 0.2) is 24.8 Å².